The molecule has 18 heavy (non-hydrogen) atoms. The zero-order valence-electron chi connectivity index (χ0n) is 11.4. The van der Waals surface area contributed by atoms with E-state index >= 15 is 0 Å². The summed E-state index contributed by atoms with van der Waals surface area (Å²) in [4.78, 5) is 0. The zero-order chi connectivity index (χ0) is 12.8. The summed E-state index contributed by atoms with van der Waals surface area (Å²) in [6, 6.07) is 11.6. The van der Waals surface area contributed by atoms with E-state index in [-0.39, 0.29) is 0 Å². The van der Waals surface area contributed by atoms with Gasteiger partial charge in [0.05, 0.1) is 6.61 Å². The molecule has 2 atom stereocenters. The molecule has 0 amide bonds. The van der Waals surface area contributed by atoms with Gasteiger partial charge in [-0.2, -0.15) is 0 Å². The minimum absolute atomic E-state index is 0.463. The van der Waals surface area contributed by atoms with E-state index in [0.29, 0.717) is 12.1 Å². The highest BCUT2D eigenvalue weighted by molar-refractivity contribution is 5.15. The van der Waals surface area contributed by atoms with E-state index in [4.69, 9.17) is 4.74 Å². The second-order valence-electron chi connectivity index (χ2n) is 5.16. The Morgan fingerprint density at radius 3 is 2.89 bits per heavy atom. The highest BCUT2D eigenvalue weighted by Gasteiger charge is 2.25. The molecule has 1 heterocycles. The van der Waals surface area contributed by atoms with Gasteiger partial charge in [0.1, 0.15) is 0 Å². The molecule has 1 aromatic carbocycles. The van der Waals surface area contributed by atoms with Crippen LogP contribution in [0.3, 0.4) is 0 Å². The summed E-state index contributed by atoms with van der Waals surface area (Å²) in [6.45, 7) is 4.20. The molecule has 0 radical (unpaired) electrons. The van der Waals surface area contributed by atoms with E-state index in [1.54, 1.807) is 7.11 Å². The number of hydrazine groups is 1. The van der Waals surface area contributed by atoms with Gasteiger partial charge < -0.3 is 4.74 Å². The topological polar surface area (TPSA) is 24.5 Å². The maximum absolute atomic E-state index is 5.27. The summed E-state index contributed by atoms with van der Waals surface area (Å²) < 4.78 is 5.27. The Balaban J connectivity index is 1.81. The molecule has 0 saturated carbocycles. The van der Waals surface area contributed by atoms with Crippen molar-refractivity contribution in [3.63, 3.8) is 0 Å². The molecule has 2 rings (SSSR count). The van der Waals surface area contributed by atoms with Crippen molar-refractivity contribution in [3.8, 4) is 0 Å². The van der Waals surface area contributed by atoms with Crippen molar-refractivity contribution >= 4 is 0 Å². The highest BCUT2D eigenvalue weighted by atomic mass is 16.5. The van der Waals surface area contributed by atoms with Crippen LogP contribution in [0.2, 0.25) is 0 Å². The van der Waals surface area contributed by atoms with Crippen LogP contribution in [-0.4, -0.2) is 37.4 Å². The SMILES string of the molecule is COC[C@@H]1CCCN1N[C@@H](C)Cc1ccccc1. The summed E-state index contributed by atoms with van der Waals surface area (Å²) in [6.07, 6.45) is 3.56. The van der Waals surface area contributed by atoms with E-state index < -0.39 is 0 Å². The maximum Gasteiger partial charge on any atom is 0.0632 e. The molecule has 0 unspecified atom stereocenters. The predicted molar refractivity (Wildman–Crippen MR) is 74.3 cm³/mol. The van der Waals surface area contributed by atoms with Gasteiger partial charge in [-0.1, -0.05) is 30.3 Å². The third-order valence-corrected chi connectivity index (χ3v) is 3.51. The lowest BCUT2D eigenvalue weighted by molar-refractivity contribution is 0.0732. The first-order chi connectivity index (χ1) is 8.79. The Labute approximate surface area is 110 Å². The molecular weight excluding hydrogens is 224 g/mol. The normalized spacial score (nSPS) is 22.2. The van der Waals surface area contributed by atoms with Crippen molar-refractivity contribution in [2.24, 2.45) is 0 Å². The first-order valence-electron chi connectivity index (χ1n) is 6.85. The summed E-state index contributed by atoms with van der Waals surface area (Å²) in [5.74, 6) is 0. The molecule has 1 aromatic rings. The lowest BCUT2D eigenvalue weighted by Crippen LogP contribution is -2.48. The van der Waals surface area contributed by atoms with Gasteiger partial charge in [-0.25, -0.2) is 5.01 Å². The van der Waals surface area contributed by atoms with Gasteiger partial charge >= 0.3 is 0 Å². The fourth-order valence-electron chi connectivity index (χ4n) is 2.67. The molecule has 0 aliphatic carbocycles. The summed E-state index contributed by atoms with van der Waals surface area (Å²) in [5.41, 5.74) is 5.00. The second kappa shape index (κ2) is 6.88. The van der Waals surface area contributed by atoms with Crippen LogP contribution in [0.15, 0.2) is 30.3 Å². The second-order valence-corrected chi connectivity index (χ2v) is 5.16. The van der Waals surface area contributed by atoms with Crippen LogP contribution >= 0.6 is 0 Å². The van der Waals surface area contributed by atoms with Crippen LogP contribution in [0.25, 0.3) is 0 Å². The van der Waals surface area contributed by atoms with Crippen molar-refractivity contribution in [1.29, 1.82) is 0 Å². The first-order valence-corrected chi connectivity index (χ1v) is 6.85. The standard InChI is InChI=1S/C15H24N2O/c1-13(11-14-7-4-3-5-8-14)16-17-10-6-9-15(17)12-18-2/h3-5,7-8,13,15-16H,6,9-12H2,1-2H3/t13-,15-/m0/s1. The van der Waals surface area contributed by atoms with Crippen LogP contribution in [0.4, 0.5) is 0 Å². The van der Waals surface area contributed by atoms with Gasteiger partial charge in [-0.05, 0) is 31.7 Å². The Bertz CT molecular complexity index is 342. The van der Waals surface area contributed by atoms with Gasteiger partial charge in [0.15, 0.2) is 0 Å². The minimum Gasteiger partial charge on any atom is -0.383 e. The van der Waals surface area contributed by atoms with E-state index in [0.717, 1.165) is 19.6 Å². The van der Waals surface area contributed by atoms with Crippen molar-refractivity contribution < 1.29 is 4.74 Å². The molecule has 3 heteroatoms. The molecule has 0 aromatic heterocycles. The van der Waals surface area contributed by atoms with Gasteiger partial charge in [-0.3, -0.25) is 5.43 Å². The number of ether oxygens (including phenoxy) is 1. The van der Waals surface area contributed by atoms with Crippen LogP contribution in [0.1, 0.15) is 25.3 Å². The Morgan fingerprint density at radius 1 is 1.39 bits per heavy atom. The van der Waals surface area contributed by atoms with Crippen molar-refractivity contribution in [3.05, 3.63) is 35.9 Å². The quantitative estimate of drug-likeness (QED) is 0.835. The van der Waals surface area contributed by atoms with Crippen LogP contribution in [0, 0.1) is 0 Å². The number of rotatable bonds is 6. The van der Waals surface area contributed by atoms with Crippen LogP contribution in [-0.2, 0) is 11.2 Å². The van der Waals surface area contributed by atoms with E-state index in [9.17, 15) is 0 Å². The van der Waals surface area contributed by atoms with Crippen LogP contribution in [0.5, 0.6) is 0 Å². The molecule has 1 aliphatic rings. The third-order valence-electron chi connectivity index (χ3n) is 3.51. The number of hydrogen-bond donors (Lipinski definition) is 1. The van der Waals surface area contributed by atoms with Gasteiger partial charge in [-0.15, -0.1) is 0 Å². The lowest BCUT2D eigenvalue weighted by Gasteiger charge is -2.28. The first kappa shape index (κ1) is 13.5. The molecule has 0 bridgehead atoms. The number of nitrogens with zero attached hydrogens (tertiary/aromatic N) is 1. The zero-order valence-corrected chi connectivity index (χ0v) is 11.4. The smallest absolute Gasteiger partial charge is 0.0632 e. The number of hydrogen-bond acceptors (Lipinski definition) is 3. The number of methoxy groups -OCH3 is 1. The third kappa shape index (κ3) is 3.80. The van der Waals surface area contributed by atoms with Gasteiger partial charge in [0, 0.05) is 25.7 Å². The van der Waals surface area contributed by atoms with Gasteiger partial charge in [0.2, 0.25) is 0 Å². The molecule has 1 aliphatic heterocycles. The molecule has 1 N–H and O–H groups in total. The molecule has 0 spiro atoms. The predicted octanol–water partition coefficient (Wildman–Crippen LogP) is 2.23. The van der Waals surface area contributed by atoms with E-state index in [1.165, 1.54) is 18.4 Å². The van der Waals surface area contributed by atoms with E-state index in [1.807, 2.05) is 0 Å². The summed E-state index contributed by atoms with van der Waals surface area (Å²) >= 11 is 0. The largest absolute Gasteiger partial charge is 0.383 e. The van der Waals surface area contributed by atoms with Crippen molar-refractivity contribution in [1.82, 2.24) is 10.4 Å². The average molecular weight is 248 g/mol. The fraction of sp³-hybridized carbons (Fsp3) is 0.600. The Morgan fingerprint density at radius 2 is 2.17 bits per heavy atom. The average Bonchev–Trinajstić information content (AvgIpc) is 2.78. The molecule has 100 valence electrons. The summed E-state index contributed by atoms with van der Waals surface area (Å²) in [7, 11) is 1.78. The molecule has 1 fully saturated rings. The summed E-state index contributed by atoms with van der Waals surface area (Å²) in [5, 5.41) is 2.36. The van der Waals surface area contributed by atoms with Crippen LogP contribution < -0.4 is 5.43 Å². The fourth-order valence-corrected chi connectivity index (χ4v) is 2.67. The monoisotopic (exact) mass is 248 g/mol. The number of nitrogens with one attached hydrogen (secondary N) is 1. The minimum atomic E-state index is 0.463. The molecule has 1 saturated heterocycles. The van der Waals surface area contributed by atoms with Crippen molar-refractivity contribution in [2.45, 2.75) is 38.3 Å². The lowest BCUT2D eigenvalue weighted by atomic mass is 10.1. The van der Waals surface area contributed by atoms with Gasteiger partial charge in [0.25, 0.3) is 0 Å². The highest BCUT2D eigenvalue weighted by Crippen LogP contribution is 2.15. The number of benzene rings is 1. The molecular formula is C15H24N2O. The Kier molecular flexibility index (Phi) is 5.17. The van der Waals surface area contributed by atoms with E-state index in [2.05, 4.69) is 47.7 Å². The Hall–Kier alpha value is -0.900. The maximum atomic E-state index is 5.27. The molecule has 3 nitrogen and oxygen atoms in total. The van der Waals surface area contributed by atoms with Crippen molar-refractivity contribution in [2.75, 3.05) is 20.3 Å².